The number of nitrogens with one attached hydrogen (secondary N) is 2. The minimum atomic E-state index is -0.227. The van der Waals surface area contributed by atoms with Gasteiger partial charge in [0.1, 0.15) is 5.82 Å². The van der Waals surface area contributed by atoms with Gasteiger partial charge in [-0.15, -0.1) is 0 Å². The van der Waals surface area contributed by atoms with Crippen molar-refractivity contribution in [3.63, 3.8) is 0 Å². The Bertz CT molecular complexity index is 529. The van der Waals surface area contributed by atoms with Crippen molar-refractivity contribution in [1.29, 1.82) is 0 Å². The summed E-state index contributed by atoms with van der Waals surface area (Å²) in [5.74, 6) is -0.211. The monoisotopic (exact) mass is 261 g/mol. The number of rotatable bonds is 5. The zero-order chi connectivity index (χ0) is 13.9. The molecule has 0 aliphatic rings. The highest BCUT2D eigenvalue weighted by atomic mass is 19.1. The van der Waals surface area contributed by atoms with Gasteiger partial charge in [-0.2, -0.15) is 5.10 Å². The van der Waals surface area contributed by atoms with Gasteiger partial charge in [0.05, 0.1) is 6.20 Å². The molecular weight excluding hydrogens is 241 g/mol. The molecule has 0 spiro atoms. The third-order valence-corrected chi connectivity index (χ3v) is 3.47. The van der Waals surface area contributed by atoms with Gasteiger partial charge in [-0.3, -0.25) is 5.10 Å². The van der Waals surface area contributed by atoms with Crippen LogP contribution in [0.3, 0.4) is 0 Å². The number of halogens is 1. The molecule has 0 bridgehead atoms. The predicted molar refractivity (Wildman–Crippen MR) is 74.5 cm³/mol. The van der Waals surface area contributed by atoms with Crippen LogP contribution in [0.25, 0.3) is 0 Å². The summed E-state index contributed by atoms with van der Waals surface area (Å²) in [6.45, 7) is 8.01. The molecule has 0 saturated heterocycles. The molecule has 2 rings (SSSR count). The molecule has 1 aromatic heterocycles. The second kappa shape index (κ2) is 5.53. The molecule has 2 aromatic rings. The van der Waals surface area contributed by atoms with E-state index in [-0.39, 0.29) is 11.2 Å². The van der Waals surface area contributed by atoms with Crippen molar-refractivity contribution < 1.29 is 4.39 Å². The third-order valence-electron chi connectivity index (χ3n) is 3.47. The zero-order valence-electron chi connectivity index (χ0n) is 11.6. The van der Waals surface area contributed by atoms with E-state index in [2.05, 4.69) is 36.3 Å². The fraction of sp³-hybridized carbons (Fsp3) is 0.400. The van der Waals surface area contributed by atoms with Crippen LogP contribution in [0.15, 0.2) is 30.5 Å². The van der Waals surface area contributed by atoms with E-state index in [1.54, 1.807) is 0 Å². The largest absolute Gasteiger partial charge is 0.313 e. The lowest BCUT2D eigenvalue weighted by molar-refractivity contribution is 0.590. The summed E-state index contributed by atoms with van der Waals surface area (Å²) >= 11 is 0. The highest BCUT2D eigenvalue weighted by molar-refractivity contribution is 5.37. The summed E-state index contributed by atoms with van der Waals surface area (Å²) in [4.78, 5) is 0. The Labute approximate surface area is 113 Å². The molecule has 0 atom stereocenters. The van der Waals surface area contributed by atoms with Gasteiger partial charge in [0, 0.05) is 23.2 Å². The molecule has 0 amide bonds. The van der Waals surface area contributed by atoms with Crippen LogP contribution >= 0.6 is 0 Å². The lowest BCUT2D eigenvalue weighted by Crippen LogP contribution is -2.23. The Kier molecular flexibility index (Phi) is 4.00. The lowest BCUT2D eigenvalue weighted by Gasteiger charge is -2.25. The maximum absolute atomic E-state index is 13.0. The summed E-state index contributed by atoms with van der Waals surface area (Å²) < 4.78 is 13.0. The Morgan fingerprint density at radius 3 is 2.58 bits per heavy atom. The van der Waals surface area contributed by atoms with Gasteiger partial charge < -0.3 is 5.32 Å². The highest BCUT2D eigenvalue weighted by Crippen LogP contribution is 2.32. The average Bonchev–Trinajstić information content (AvgIpc) is 2.86. The van der Waals surface area contributed by atoms with Crippen molar-refractivity contribution in [1.82, 2.24) is 15.5 Å². The number of hydrogen-bond acceptors (Lipinski definition) is 2. The summed E-state index contributed by atoms with van der Waals surface area (Å²) in [7, 11) is 0. The molecule has 0 unspecified atom stereocenters. The molecule has 19 heavy (non-hydrogen) atoms. The molecule has 102 valence electrons. The number of benzene rings is 1. The van der Waals surface area contributed by atoms with Gasteiger partial charge in [-0.05, 0) is 24.2 Å². The minimum absolute atomic E-state index is 0.211. The molecule has 3 nitrogen and oxygen atoms in total. The van der Waals surface area contributed by atoms with Crippen LogP contribution in [0.4, 0.5) is 4.39 Å². The van der Waals surface area contributed by atoms with Crippen LogP contribution in [-0.2, 0) is 12.0 Å². The van der Waals surface area contributed by atoms with Crippen molar-refractivity contribution in [3.8, 4) is 0 Å². The second-order valence-corrected chi connectivity index (χ2v) is 5.18. The van der Waals surface area contributed by atoms with E-state index in [9.17, 15) is 4.39 Å². The summed E-state index contributed by atoms with van der Waals surface area (Å²) in [6.07, 6.45) is 1.85. The summed E-state index contributed by atoms with van der Waals surface area (Å²) in [6, 6.07) is 6.65. The van der Waals surface area contributed by atoms with Crippen LogP contribution in [-0.4, -0.2) is 16.7 Å². The third kappa shape index (κ3) is 2.84. The zero-order valence-corrected chi connectivity index (χ0v) is 11.6. The minimum Gasteiger partial charge on any atom is -0.313 e. The van der Waals surface area contributed by atoms with Crippen LogP contribution in [0.5, 0.6) is 0 Å². The van der Waals surface area contributed by atoms with Crippen molar-refractivity contribution in [3.05, 3.63) is 53.1 Å². The Balaban J connectivity index is 2.33. The van der Waals surface area contributed by atoms with Gasteiger partial charge in [0.2, 0.25) is 0 Å². The average molecular weight is 261 g/mol. The van der Waals surface area contributed by atoms with E-state index < -0.39 is 0 Å². The maximum atomic E-state index is 13.0. The highest BCUT2D eigenvalue weighted by Gasteiger charge is 2.27. The normalized spacial score (nSPS) is 11.8. The number of hydrogen-bond donors (Lipinski definition) is 2. The molecular formula is C15H20FN3. The Morgan fingerprint density at radius 2 is 1.95 bits per heavy atom. The van der Waals surface area contributed by atoms with Gasteiger partial charge in [0.25, 0.3) is 0 Å². The van der Waals surface area contributed by atoms with Gasteiger partial charge >= 0.3 is 0 Å². The second-order valence-electron chi connectivity index (χ2n) is 5.18. The molecule has 0 fully saturated rings. The number of aromatic amines is 1. The SMILES string of the molecule is CCNCc1cn[nH]c1C(C)(C)c1ccc(F)cc1. The first-order valence-electron chi connectivity index (χ1n) is 6.55. The smallest absolute Gasteiger partial charge is 0.123 e. The first-order valence-corrected chi connectivity index (χ1v) is 6.55. The topological polar surface area (TPSA) is 40.7 Å². The van der Waals surface area contributed by atoms with E-state index in [0.29, 0.717) is 0 Å². The molecule has 1 aromatic carbocycles. The number of aromatic nitrogens is 2. The van der Waals surface area contributed by atoms with Crippen molar-refractivity contribution in [2.24, 2.45) is 0 Å². The molecule has 1 heterocycles. The summed E-state index contributed by atoms with van der Waals surface area (Å²) in [5, 5.41) is 10.5. The molecule has 4 heteroatoms. The standard InChI is InChI=1S/C15H20FN3/c1-4-17-9-11-10-18-19-14(11)15(2,3)12-5-7-13(16)8-6-12/h5-8,10,17H,4,9H2,1-3H3,(H,18,19). The van der Waals surface area contributed by atoms with E-state index in [0.717, 1.165) is 29.9 Å². The van der Waals surface area contributed by atoms with Gasteiger partial charge in [0.15, 0.2) is 0 Å². The fourth-order valence-electron chi connectivity index (χ4n) is 2.26. The molecule has 0 saturated carbocycles. The lowest BCUT2D eigenvalue weighted by atomic mass is 9.80. The molecule has 2 N–H and O–H groups in total. The molecule has 0 aliphatic heterocycles. The Morgan fingerprint density at radius 1 is 1.26 bits per heavy atom. The molecule has 0 aliphatic carbocycles. The van der Waals surface area contributed by atoms with Crippen molar-refractivity contribution in [2.75, 3.05) is 6.54 Å². The van der Waals surface area contributed by atoms with E-state index in [1.807, 2.05) is 18.3 Å². The fourth-order valence-corrected chi connectivity index (χ4v) is 2.26. The van der Waals surface area contributed by atoms with Crippen LogP contribution in [0.2, 0.25) is 0 Å². The predicted octanol–water partition coefficient (Wildman–Crippen LogP) is 2.98. The van der Waals surface area contributed by atoms with Crippen molar-refractivity contribution >= 4 is 0 Å². The first kappa shape index (κ1) is 13.7. The maximum Gasteiger partial charge on any atom is 0.123 e. The Hall–Kier alpha value is -1.68. The van der Waals surface area contributed by atoms with Gasteiger partial charge in [-0.1, -0.05) is 32.9 Å². The van der Waals surface area contributed by atoms with Crippen LogP contribution in [0.1, 0.15) is 37.6 Å². The van der Waals surface area contributed by atoms with E-state index >= 15 is 0 Å². The quantitative estimate of drug-likeness (QED) is 0.868. The number of H-pyrrole nitrogens is 1. The first-order chi connectivity index (χ1) is 9.05. The van der Waals surface area contributed by atoms with E-state index in [4.69, 9.17) is 0 Å². The number of nitrogens with zero attached hydrogens (tertiary/aromatic N) is 1. The van der Waals surface area contributed by atoms with Gasteiger partial charge in [-0.25, -0.2) is 4.39 Å². The van der Waals surface area contributed by atoms with E-state index in [1.165, 1.54) is 12.1 Å². The molecule has 0 radical (unpaired) electrons. The summed E-state index contributed by atoms with van der Waals surface area (Å²) in [5.41, 5.74) is 3.06. The van der Waals surface area contributed by atoms with Crippen molar-refractivity contribution in [2.45, 2.75) is 32.7 Å². The van der Waals surface area contributed by atoms with Crippen LogP contribution in [0, 0.1) is 5.82 Å². The van der Waals surface area contributed by atoms with Crippen LogP contribution < -0.4 is 5.32 Å².